The van der Waals surface area contributed by atoms with Gasteiger partial charge in [0, 0.05) is 11.2 Å². The highest BCUT2D eigenvalue weighted by molar-refractivity contribution is 7.98. The van der Waals surface area contributed by atoms with Crippen molar-refractivity contribution in [3.05, 3.63) is 41.7 Å². The lowest BCUT2D eigenvalue weighted by Crippen LogP contribution is -2.50. The molecular formula is C19H24N4S. The van der Waals surface area contributed by atoms with Gasteiger partial charge < -0.3 is 5.84 Å². The summed E-state index contributed by atoms with van der Waals surface area (Å²) in [4.78, 5) is 0. The van der Waals surface area contributed by atoms with Gasteiger partial charge in [-0.3, -0.25) is 0 Å². The number of hydrogen-bond donors (Lipinski definition) is 1. The van der Waals surface area contributed by atoms with Gasteiger partial charge in [-0.25, -0.2) is 4.68 Å². The maximum absolute atomic E-state index is 6.46. The van der Waals surface area contributed by atoms with E-state index in [1.54, 1.807) is 16.4 Å². The molecule has 0 unspecified atom stereocenters. The minimum Gasteiger partial charge on any atom is -0.336 e. The summed E-state index contributed by atoms with van der Waals surface area (Å²) in [5.41, 5.74) is 1.50. The summed E-state index contributed by atoms with van der Waals surface area (Å²) in [6.45, 7) is 0. The summed E-state index contributed by atoms with van der Waals surface area (Å²) < 4.78 is 1.81. The van der Waals surface area contributed by atoms with Crippen molar-refractivity contribution in [1.82, 2.24) is 14.9 Å². The molecule has 126 valence electrons. The van der Waals surface area contributed by atoms with Crippen LogP contribution in [0.5, 0.6) is 0 Å². The molecule has 0 amide bonds. The third kappa shape index (κ3) is 2.36. The number of rotatable bonds is 4. The second-order valence-electron chi connectivity index (χ2n) is 8.15. The van der Waals surface area contributed by atoms with E-state index in [0.717, 1.165) is 34.5 Å². The Morgan fingerprint density at radius 1 is 1.00 bits per heavy atom. The Kier molecular flexibility index (Phi) is 3.40. The molecule has 0 aliphatic heterocycles. The van der Waals surface area contributed by atoms with E-state index in [-0.39, 0.29) is 5.41 Å². The predicted octanol–water partition coefficient (Wildman–Crippen LogP) is 3.75. The monoisotopic (exact) mass is 340 g/mol. The Morgan fingerprint density at radius 2 is 1.62 bits per heavy atom. The Bertz CT molecular complexity index is 704. The van der Waals surface area contributed by atoms with Crippen molar-refractivity contribution in [1.29, 1.82) is 0 Å². The summed E-state index contributed by atoms with van der Waals surface area (Å²) in [5.74, 6) is 11.1. The average Bonchev–Trinajstić information content (AvgIpc) is 2.94. The maximum Gasteiger partial charge on any atom is 0.210 e. The van der Waals surface area contributed by atoms with Crippen LogP contribution in [0.25, 0.3) is 0 Å². The largest absolute Gasteiger partial charge is 0.336 e. The Balaban J connectivity index is 1.39. The fourth-order valence-electron chi connectivity index (χ4n) is 5.84. The molecule has 4 aliphatic carbocycles. The van der Waals surface area contributed by atoms with E-state index in [0.29, 0.717) is 0 Å². The molecule has 4 bridgehead atoms. The third-order valence-electron chi connectivity index (χ3n) is 6.39. The van der Waals surface area contributed by atoms with Crippen molar-refractivity contribution in [2.45, 2.75) is 54.8 Å². The number of nitrogens with two attached hydrogens (primary N) is 1. The summed E-state index contributed by atoms with van der Waals surface area (Å²) in [7, 11) is 0. The zero-order chi connectivity index (χ0) is 16.1. The fourth-order valence-corrected chi connectivity index (χ4v) is 6.66. The van der Waals surface area contributed by atoms with Crippen molar-refractivity contribution in [2.24, 2.45) is 17.8 Å². The predicted molar refractivity (Wildman–Crippen MR) is 96.0 cm³/mol. The SMILES string of the molecule is Nn1c(SCc2ccccc2)nnc1C12CC3CC(CC(C3)C1)C2. The van der Waals surface area contributed by atoms with Crippen LogP contribution in [0.2, 0.25) is 0 Å². The van der Waals surface area contributed by atoms with Crippen molar-refractivity contribution in [2.75, 3.05) is 5.84 Å². The molecule has 4 aliphatic rings. The van der Waals surface area contributed by atoms with Crippen molar-refractivity contribution < 1.29 is 0 Å². The first kappa shape index (κ1) is 14.8. The normalized spacial score (nSPS) is 33.9. The van der Waals surface area contributed by atoms with E-state index in [4.69, 9.17) is 5.84 Å². The summed E-state index contributed by atoms with van der Waals surface area (Å²) in [5, 5.41) is 9.88. The average molecular weight is 340 g/mol. The van der Waals surface area contributed by atoms with E-state index in [9.17, 15) is 0 Å². The Labute approximate surface area is 147 Å². The molecule has 1 aromatic carbocycles. The van der Waals surface area contributed by atoms with Gasteiger partial charge in [0.05, 0.1) is 0 Å². The van der Waals surface area contributed by atoms with Crippen LogP contribution in [0.4, 0.5) is 0 Å². The van der Waals surface area contributed by atoms with Crippen LogP contribution in [0, 0.1) is 17.8 Å². The minimum atomic E-state index is 0.210. The van der Waals surface area contributed by atoms with Gasteiger partial charge in [-0.05, 0) is 61.8 Å². The van der Waals surface area contributed by atoms with Crippen LogP contribution in [-0.2, 0) is 11.2 Å². The van der Waals surface area contributed by atoms with Gasteiger partial charge in [0.25, 0.3) is 0 Å². The van der Waals surface area contributed by atoms with E-state index in [2.05, 4.69) is 34.5 Å². The first-order chi connectivity index (χ1) is 11.7. The highest BCUT2D eigenvalue weighted by Crippen LogP contribution is 2.60. The maximum atomic E-state index is 6.46. The Morgan fingerprint density at radius 3 is 2.25 bits per heavy atom. The van der Waals surface area contributed by atoms with Crippen molar-refractivity contribution in [3.8, 4) is 0 Å². The van der Waals surface area contributed by atoms with Crippen molar-refractivity contribution >= 4 is 11.8 Å². The van der Waals surface area contributed by atoms with Crippen LogP contribution >= 0.6 is 11.8 Å². The zero-order valence-electron chi connectivity index (χ0n) is 13.9. The molecule has 6 rings (SSSR count). The summed E-state index contributed by atoms with van der Waals surface area (Å²) >= 11 is 1.69. The first-order valence-electron chi connectivity index (χ1n) is 9.09. The van der Waals surface area contributed by atoms with E-state index >= 15 is 0 Å². The molecule has 5 heteroatoms. The van der Waals surface area contributed by atoms with Gasteiger partial charge in [-0.1, -0.05) is 42.1 Å². The molecule has 4 nitrogen and oxygen atoms in total. The number of hydrogen-bond acceptors (Lipinski definition) is 4. The standard InChI is InChI=1S/C19H24N4S/c20-23-17(19-9-14-6-15(10-19)8-16(7-14)11-19)21-22-18(23)24-12-13-4-2-1-3-5-13/h1-5,14-16H,6-12,20H2. The molecule has 1 heterocycles. The van der Waals surface area contributed by atoms with Gasteiger partial charge in [0.2, 0.25) is 5.16 Å². The fraction of sp³-hybridized carbons (Fsp3) is 0.579. The lowest BCUT2D eigenvalue weighted by molar-refractivity contribution is -0.0106. The van der Waals surface area contributed by atoms with Crippen LogP contribution in [-0.4, -0.2) is 14.9 Å². The molecule has 0 radical (unpaired) electrons. The van der Waals surface area contributed by atoms with Gasteiger partial charge in [0.1, 0.15) is 0 Å². The van der Waals surface area contributed by atoms with E-state index < -0.39 is 0 Å². The highest BCUT2D eigenvalue weighted by atomic mass is 32.2. The number of benzene rings is 1. The van der Waals surface area contributed by atoms with E-state index in [1.807, 2.05) is 6.07 Å². The van der Waals surface area contributed by atoms with Crippen LogP contribution < -0.4 is 5.84 Å². The molecule has 2 N–H and O–H groups in total. The highest BCUT2D eigenvalue weighted by Gasteiger charge is 2.54. The number of nitrogens with zero attached hydrogens (tertiary/aromatic N) is 3. The molecule has 2 aromatic rings. The smallest absolute Gasteiger partial charge is 0.210 e. The van der Waals surface area contributed by atoms with Gasteiger partial charge in [-0.15, -0.1) is 10.2 Å². The zero-order valence-corrected chi connectivity index (χ0v) is 14.7. The molecular weight excluding hydrogens is 316 g/mol. The molecule has 4 fully saturated rings. The molecule has 0 atom stereocenters. The molecule has 24 heavy (non-hydrogen) atoms. The molecule has 4 saturated carbocycles. The second kappa shape index (κ2) is 5.51. The molecule has 0 spiro atoms. The number of aromatic nitrogens is 3. The summed E-state index contributed by atoms with van der Waals surface area (Å²) in [6, 6.07) is 10.5. The van der Waals surface area contributed by atoms with Crippen LogP contribution in [0.15, 0.2) is 35.5 Å². The topological polar surface area (TPSA) is 56.7 Å². The summed E-state index contributed by atoms with van der Waals surface area (Å²) in [6.07, 6.45) is 8.14. The number of thioether (sulfide) groups is 1. The Hall–Kier alpha value is -1.49. The van der Waals surface area contributed by atoms with Crippen LogP contribution in [0.1, 0.15) is 49.9 Å². The van der Waals surface area contributed by atoms with Crippen molar-refractivity contribution in [3.63, 3.8) is 0 Å². The lowest BCUT2D eigenvalue weighted by atomic mass is 9.49. The van der Waals surface area contributed by atoms with Crippen LogP contribution in [0.3, 0.4) is 0 Å². The van der Waals surface area contributed by atoms with E-state index in [1.165, 1.54) is 44.1 Å². The quantitative estimate of drug-likeness (QED) is 0.680. The third-order valence-corrected chi connectivity index (χ3v) is 7.40. The van der Waals surface area contributed by atoms with Gasteiger partial charge >= 0.3 is 0 Å². The van der Waals surface area contributed by atoms with Gasteiger partial charge in [0.15, 0.2) is 5.82 Å². The second-order valence-corrected chi connectivity index (χ2v) is 9.09. The lowest BCUT2D eigenvalue weighted by Gasteiger charge is -2.55. The molecule has 0 saturated heterocycles. The number of nitrogen functional groups attached to an aromatic ring is 1. The minimum absolute atomic E-state index is 0.210. The molecule has 1 aromatic heterocycles. The van der Waals surface area contributed by atoms with Gasteiger partial charge in [-0.2, -0.15) is 0 Å². The first-order valence-corrected chi connectivity index (χ1v) is 10.1.